The zero-order valence-electron chi connectivity index (χ0n) is 11.8. The van der Waals surface area contributed by atoms with Gasteiger partial charge in [0.1, 0.15) is 11.7 Å². The number of amides is 1. The van der Waals surface area contributed by atoms with Crippen molar-refractivity contribution in [2.45, 2.75) is 57.5 Å². The number of fused-ring (bicyclic) bond motifs is 1. The summed E-state index contributed by atoms with van der Waals surface area (Å²) < 4.78 is 10.5. The number of epoxide rings is 1. The average molecular weight is 269 g/mol. The predicted octanol–water partition coefficient (Wildman–Crippen LogP) is 1.61. The summed E-state index contributed by atoms with van der Waals surface area (Å²) in [7, 11) is 0. The molecule has 1 aliphatic heterocycles. The Morgan fingerprint density at radius 3 is 2.79 bits per heavy atom. The molecule has 1 saturated carbocycles. The van der Waals surface area contributed by atoms with Gasteiger partial charge in [-0.15, -0.1) is 6.58 Å². The predicted molar refractivity (Wildman–Crippen MR) is 70.8 cm³/mol. The maximum Gasteiger partial charge on any atom is 0.407 e. The van der Waals surface area contributed by atoms with E-state index in [2.05, 4.69) is 11.9 Å². The monoisotopic (exact) mass is 269 g/mol. The first-order chi connectivity index (χ1) is 8.77. The molecule has 1 heterocycles. The number of alkyl carbamates (subject to hydrolysis) is 1. The molecule has 2 rings (SSSR count). The van der Waals surface area contributed by atoms with E-state index in [-0.39, 0.29) is 17.6 Å². The van der Waals surface area contributed by atoms with Crippen molar-refractivity contribution < 1.29 is 19.4 Å². The van der Waals surface area contributed by atoms with Crippen LogP contribution in [0.4, 0.5) is 4.79 Å². The van der Waals surface area contributed by atoms with Crippen molar-refractivity contribution in [2.75, 3.05) is 6.54 Å². The summed E-state index contributed by atoms with van der Waals surface area (Å²) in [5.41, 5.74) is -0.887. The quantitative estimate of drug-likeness (QED) is 0.601. The van der Waals surface area contributed by atoms with Gasteiger partial charge in [0, 0.05) is 12.0 Å². The highest BCUT2D eigenvalue weighted by Gasteiger charge is 2.62. The Kier molecular flexibility index (Phi) is 3.62. The number of aliphatic hydroxyl groups excluding tert-OH is 1. The summed E-state index contributed by atoms with van der Waals surface area (Å²) in [4.78, 5) is 11.7. The van der Waals surface area contributed by atoms with Gasteiger partial charge in [-0.25, -0.2) is 4.79 Å². The maximum atomic E-state index is 11.7. The topological polar surface area (TPSA) is 71.1 Å². The van der Waals surface area contributed by atoms with Crippen molar-refractivity contribution in [3.63, 3.8) is 0 Å². The van der Waals surface area contributed by atoms with E-state index in [9.17, 15) is 9.90 Å². The Labute approximate surface area is 114 Å². The number of hydrogen-bond donors (Lipinski definition) is 2. The fraction of sp³-hybridized carbons (Fsp3) is 0.786. The van der Waals surface area contributed by atoms with Gasteiger partial charge in [0.05, 0.1) is 12.2 Å². The van der Waals surface area contributed by atoms with Crippen molar-refractivity contribution in [1.82, 2.24) is 5.32 Å². The fourth-order valence-corrected chi connectivity index (χ4v) is 2.77. The normalized spacial score (nSPS) is 36.5. The van der Waals surface area contributed by atoms with Gasteiger partial charge >= 0.3 is 6.09 Å². The molecule has 1 saturated heterocycles. The Bertz CT molecular complexity index is 376. The summed E-state index contributed by atoms with van der Waals surface area (Å²) in [6.07, 6.45) is 2.25. The molecule has 2 fully saturated rings. The minimum absolute atomic E-state index is 0.0691. The van der Waals surface area contributed by atoms with Crippen LogP contribution < -0.4 is 5.32 Å². The van der Waals surface area contributed by atoms with E-state index >= 15 is 0 Å². The zero-order valence-corrected chi connectivity index (χ0v) is 11.8. The molecule has 1 aliphatic carbocycles. The van der Waals surface area contributed by atoms with Crippen molar-refractivity contribution >= 4 is 6.09 Å². The lowest BCUT2D eigenvalue weighted by Crippen LogP contribution is -2.46. The lowest BCUT2D eigenvalue weighted by molar-refractivity contribution is -0.00388. The molecule has 0 aromatic rings. The molecule has 0 aromatic carbocycles. The van der Waals surface area contributed by atoms with Crippen LogP contribution in [0.1, 0.15) is 33.6 Å². The molecule has 0 unspecified atom stereocenters. The smallest absolute Gasteiger partial charge is 0.407 e. The highest BCUT2D eigenvalue weighted by atomic mass is 16.6. The molecular formula is C14H23NO4. The molecule has 0 radical (unpaired) electrons. The minimum atomic E-state index is -0.551. The molecule has 4 atom stereocenters. The first kappa shape index (κ1) is 14.3. The second kappa shape index (κ2) is 4.80. The minimum Gasteiger partial charge on any atom is -0.444 e. The highest BCUT2D eigenvalue weighted by Crippen LogP contribution is 2.51. The molecule has 5 nitrogen and oxygen atoms in total. The molecule has 5 heteroatoms. The third-order valence-electron chi connectivity index (χ3n) is 3.70. The first-order valence-electron chi connectivity index (χ1n) is 6.69. The average Bonchev–Trinajstić information content (AvgIpc) is 2.96. The molecule has 1 amide bonds. The van der Waals surface area contributed by atoms with Gasteiger partial charge in [0.2, 0.25) is 0 Å². The SMILES string of the molecule is C=CC[C@@]1(CNC(=O)OC(C)(C)C)C[C@@H]2O[C@@H]2[C@@H]1O. The van der Waals surface area contributed by atoms with Crippen LogP contribution >= 0.6 is 0 Å². The van der Waals surface area contributed by atoms with E-state index in [0.717, 1.165) is 6.42 Å². The van der Waals surface area contributed by atoms with Gasteiger partial charge in [-0.1, -0.05) is 6.08 Å². The molecule has 108 valence electrons. The van der Waals surface area contributed by atoms with Crippen LogP contribution in [0.5, 0.6) is 0 Å². The Balaban J connectivity index is 1.91. The Morgan fingerprint density at radius 1 is 1.63 bits per heavy atom. The summed E-state index contributed by atoms with van der Waals surface area (Å²) in [6, 6.07) is 0. The Hall–Kier alpha value is -1.07. The lowest BCUT2D eigenvalue weighted by Gasteiger charge is -2.33. The third-order valence-corrected chi connectivity index (χ3v) is 3.70. The molecule has 0 spiro atoms. The number of rotatable bonds is 4. The fourth-order valence-electron chi connectivity index (χ4n) is 2.77. The van der Waals surface area contributed by atoms with Gasteiger partial charge in [-0.3, -0.25) is 0 Å². The van der Waals surface area contributed by atoms with Crippen LogP contribution in [-0.2, 0) is 9.47 Å². The van der Waals surface area contributed by atoms with Gasteiger partial charge in [0.15, 0.2) is 0 Å². The van der Waals surface area contributed by atoms with Gasteiger partial charge < -0.3 is 19.9 Å². The van der Waals surface area contributed by atoms with E-state index < -0.39 is 17.8 Å². The largest absolute Gasteiger partial charge is 0.444 e. The molecule has 0 bridgehead atoms. The van der Waals surface area contributed by atoms with E-state index in [1.165, 1.54) is 0 Å². The number of carbonyl (C=O) groups is 1. The second-order valence-corrected chi connectivity index (χ2v) is 6.50. The summed E-state index contributed by atoms with van der Waals surface area (Å²) >= 11 is 0. The number of ether oxygens (including phenoxy) is 2. The standard InChI is InChI=1S/C14H23NO4/c1-5-6-14(7-9-10(18-9)11(14)16)8-15-12(17)19-13(2,3)4/h5,9-11,16H,1,6-8H2,2-4H3,(H,15,17)/t9-,10-,11-,14-/m0/s1. The first-order valence-corrected chi connectivity index (χ1v) is 6.69. The summed E-state index contributed by atoms with van der Waals surface area (Å²) in [6.45, 7) is 9.57. The van der Waals surface area contributed by atoms with Crippen LogP contribution in [0, 0.1) is 5.41 Å². The molecule has 2 N–H and O–H groups in total. The number of nitrogens with one attached hydrogen (secondary N) is 1. The maximum absolute atomic E-state index is 11.7. The van der Waals surface area contributed by atoms with Crippen LogP contribution in [-0.4, -0.2) is 41.7 Å². The zero-order chi connectivity index (χ0) is 14.3. The van der Waals surface area contributed by atoms with E-state index in [0.29, 0.717) is 13.0 Å². The number of allylic oxidation sites excluding steroid dienone is 1. The highest BCUT2D eigenvalue weighted by molar-refractivity contribution is 5.67. The van der Waals surface area contributed by atoms with Gasteiger partial charge in [0.25, 0.3) is 0 Å². The molecule has 0 aromatic heterocycles. The third kappa shape index (κ3) is 3.09. The van der Waals surface area contributed by atoms with Gasteiger partial charge in [-0.2, -0.15) is 0 Å². The van der Waals surface area contributed by atoms with Crippen molar-refractivity contribution in [2.24, 2.45) is 5.41 Å². The Morgan fingerprint density at radius 2 is 2.32 bits per heavy atom. The molecule has 19 heavy (non-hydrogen) atoms. The van der Waals surface area contributed by atoms with Crippen LogP contribution in [0.2, 0.25) is 0 Å². The van der Waals surface area contributed by atoms with Crippen LogP contribution in [0.15, 0.2) is 12.7 Å². The summed E-state index contributed by atoms with van der Waals surface area (Å²) in [5, 5.41) is 13.0. The second-order valence-electron chi connectivity index (χ2n) is 6.50. The van der Waals surface area contributed by atoms with Crippen LogP contribution in [0.3, 0.4) is 0 Å². The summed E-state index contributed by atoms with van der Waals surface area (Å²) in [5.74, 6) is 0. The van der Waals surface area contributed by atoms with E-state index in [1.54, 1.807) is 6.08 Å². The van der Waals surface area contributed by atoms with E-state index in [1.807, 2.05) is 20.8 Å². The number of aliphatic hydroxyl groups is 1. The molecule has 2 aliphatic rings. The van der Waals surface area contributed by atoms with Crippen molar-refractivity contribution in [1.29, 1.82) is 0 Å². The van der Waals surface area contributed by atoms with Crippen molar-refractivity contribution in [3.05, 3.63) is 12.7 Å². The number of hydrogen-bond acceptors (Lipinski definition) is 4. The van der Waals surface area contributed by atoms with Crippen molar-refractivity contribution in [3.8, 4) is 0 Å². The molecular weight excluding hydrogens is 246 g/mol. The van der Waals surface area contributed by atoms with Crippen LogP contribution in [0.25, 0.3) is 0 Å². The number of carbonyl (C=O) groups excluding carboxylic acids is 1. The lowest BCUT2D eigenvalue weighted by atomic mass is 9.80. The van der Waals surface area contributed by atoms with Gasteiger partial charge in [-0.05, 0) is 33.6 Å². The van der Waals surface area contributed by atoms with E-state index in [4.69, 9.17) is 9.47 Å².